The van der Waals surface area contributed by atoms with Crippen LogP contribution in [0.2, 0.25) is 0 Å². The van der Waals surface area contributed by atoms with E-state index in [0.29, 0.717) is 6.61 Å². The fraction of sp³-hybridized carbons (Fsp3) is 0.294. The first-order valence-corrected chi connectivity index (χ1v) is 7.25. The minimum absolute atomic E-state index is 0.196. The van der Waals surface area contributed by atoms with E-state index in [1.165, 1.54) is 17.7 Å². The number of ether oxygens (including phenoxy) is 1. The van der Waals surface area contributed by atoms with Crippen molar-refractivity contribution in [2.24, 2.45) is 0 Å². The Balaban J connectivity index is 1.67. The number of nitrogens with one attached hydrogen (secondary N) is 2. The van der Waals surface area contributed by atoms with Gasteiger partial charge in [0.15, 0.2) is 0 Å². The Morgan fingerprint density at radius 2 is 1.48 bits per heavy atom. The zero-order valence-corrected chi connectivity index (χ0v) is 12.0. The van der Waals surface area contributed by atoms with Crippen molar-refractivity contribution in [1.29, 1.82) is 0 Å². The Morgan fingerprint density at radius 1 is 0.952 bits per heavy atom. The third kappa shape index (κ3) is 3.23. The summed E-state index contributed by atoms with van der Waals surface area (Å²) in [5, 5.41) is 0. The molecule has 1 saturated heterocycles. The summed E-state index contributed by atoms with van der Waals surface area (Å²) in [6.07, 6.45) is 0.930. The molecule has 110 valence electrons. The van der Waals surface area contributed by atoms with Crippen molar-refractivity contribution in [3.63, 3.8) is 0 Å². The van der Waals surface area contributed by atoms with Crippen molar-refractivity contribution in [1.82, 2.24) is 10.9 Å². The predicted octanol–water partition coefficient (Wildman–Crippen LogP) is 3.50. The number of hydrogen-bond donors (Lipinski definition) is 2. The van der Waals surface area contributed by atoms with Gasteiger partial charge in [0, 0.05) is 12.1 Å². The summed E-state index contributed by atoms with van der Waals surface area (Å²) >= 11 is 0. The lowest BCUT2D eigenvalue weighted by Gasteiger charge is -2.11. The molecule has 1 aliphatic rings. The van der Waals surface area contributed by atoms with Gasteiger partial charge in [-0.1, -0.05) is 24.3 Å². The first-order valence-electron chi connectivity index (χ1n) is 7.25. The third-order valence-corrected chi connectivity index (χ3v) is 3.77. The van der Waals surface area contributed by atoms with Crippen LogP contribution in [0.5, 0.6) is 5.75 Å². The van der Waals surface area contributed by atoms with Crippen LogP contribution in [-0.2, 0) is 0 Å². The zero-order valence-electron chi connectivity index (χ0n) is 12.0. The van der Waals surface area contributed by atoms with Crippen molar-refractivity contribution in [2.45, 2.75) is 25.4 Å². The van der Waals surface area contributed by atoms with E-state index >= 15 is 0 Å². The minimum Gasteiger partial charge on any atom is -0.494 e. The Hall–Kier alpha value is -1.91. The normalized spacial score (nSPS) is 21.4. The molecule has 2 N–H and O–H groups in total. The molecule has 3 rings (SSSR count). The topological polar surface area (TPSA) is 33.3 Å². The van der Waals surface area contributed by atoms with Gasteiger partial charge in [-0.2, -0.15) is 0 Å². The SMILES string of the molecule is CCOc1ccc(C2CC(c3ccc(F)cc3)NN2)cc1. The highest BCUT2D eigenvalue weighted by Crippen LogP contribution is 2.31. The van der Waals surface area contributed by atoms with Crippen molar-refractivity contribution in [3.05, 3.63) is 65.5 Å². The van der Waals surface area contributed by atoms with Crippen LogP contribution in [0.1, 0.15) is 36.6 Å². The maximum Gasteiger partial charge on any atom is 0.123 e. The molecule has 1 heterocycles. The van der Waals surface area contributed by atoms with Crippen molar-refractivity contribution in [2.75, 3.05) is 6.61 Å². The van der Waals surface area contributed by atoms with Crippen molar-refractivity contribution < 1.29 is 9.13 Å². The summed E-state index contributed by atoms with van der Waals surface area (Å²) in [4.78, 5) is 0. The maximum absolute atomic E-state index is 13.0. The molecular formula is C17H19FN2O. The fourth-order valence-corrected chi connectivity index (χ4v) is 2.65. The quantitative estimate of drug-likeness (QED) is 0.902. The molecule has 2 aromatic rings. The number of halogens is 1. The van der Waals surface area contributed by atoms with Gasteiger partial charge in [-0.25, -0.2) is 15.2 Å². The number of hydrogen-bond acceptors (Lipinski definition) is 3. The molecule has 4 heteroatoms. The van der Waals surface area contributed by atoms with Gasteiger partial charge in [-0.3, -0.25) is 0 Å². The van der Waals surface area contributed by atoms with Crippen molar-refractivity contribution >= 4 is 0 Å². The van der Waals surface area contributed by atoms with E-state index in [2.05, 4.69) is 23.0 Å². The molecule has 2 aromatic carbocycles. The van der Waals surface area contributed by atoms with E-state index < -0.39 is 0 Å². The molecule has 0 bridgehead atoms. The highest BCUT2D eigenvalue weighted by atomic mass is 19.1. The van der Waals surface area contributed by atoms with Gasteiger partial charge in [0.1, 0.15) is 11.6 Å². The molecule has 1 aliphatic heterocycles. The number of benzene rings is 2. The van der Waals surface area contributed by atoms with Gasteiger partial charge >= 0.3 is 0 Å². The minimum atomic E-state index is -0.201. The van der Waals surface area contributed by atoms with E-state index in [1.807, 2.05) is 31.2 Å². The highest BCUT2D eigenvalue weighted by Gasteiger charge is 2.25. The van der Waals surface area contributed by atoms with Gasteiger partial charge in [0.25, 0.3) is 0 Å². The maximum atomic E-state index is 13.0. The molecule has 0 aromatic heterocycles. The Morgan fingerprint density at radius 3 is 2.00 bits per heavy atom. The summed E-state index contributed by atoms with van der Waals surface area (Å²) in [7, 11) is 0. The summed E-state index contributed by atoms with van der Waals surface area (Å²) in [5.74, 6) is 0.690. The number of hydrazine groups is 1. The van der Waals surface area contributed by atoms with Gasteiger partial charge in [0.05, 0.1) is 6.61 Å². The van der Waals surface area contributed by atoms with Gasteiger partial charge < -0.3 is 4.74 Å². The molecule has 0 aliphatic carbocycles. The highest BCUT2D eigenvalue weighted by molar-refractivity contribution is 5.30. The van der Waals surface area contributed by atoms with E-state index in [9.17, 15) is 4.39 Å². The van der Waals surface area contributed by atoms with Gasteiger partial charge in [0.2, 0.25) is 0 Å². The molecule has 0 amide bonds. The Kier molecular flexibility index (Phi) is 4.18. The predicted molar refractivity (Wildman–Crippen MR) is 80.4 cm³/mol. The average molecular weight is 286 g/mol. The van der Waals surface area contributed by atoms with Crippen LogP contribution in [0.3, 0.4) is 0 Å². The van der Waals surface area contributed by atoms with Gasteiger partial charge in [-0.15, -0.1) is 0 Å². The van der Waals surface area contributed by atoms with Gasteiger partial charge in [-0.05, 0) is 48.7 Å². The lowest BCUT2D eigenvalue weighted by molar-refractivity contribution is 0.340. The summed E-state index contributed by atoms with van der Waals surface area (Å²) in [6, 6.07) is 15.2. The smallest absolute Gasteiger partial charge is 0.123 e. The lowest BCUT2D eigenvalue weighted by Crippen LogP contribution is -2.26. The van der Waals surface area contributed by atoms with Crippen LogP contribution in [0.15, 0.2) is 48.5 Å². The zero-order chi connectivity index (χ0) is 14.7. The second kappa shape index (κ2) is 6.24. The molecular weight excluding hydrogens is 267 g/mol. The molecule has 0 saturated carbocycles. The summed E-state index contributed by atoms with van der Waals surface area (Å²) in [6.45, 7) is 2.65. The molecule has 2 unspecified atom stereocenters. The second-order valence-electron chi connectivity index (χ2n) is 5.18. The van der Waals surface area contributed by atoms with Crippen LogP contribution in [0.4, 0.5) is 4.39 Å². The lowest BCUT2D eigenvalue weighted by atomic mass is 9.98. The van der Waals surface area contributed by atoms with E-state index in [0.717, 1.165) is 17.7 Å². The Labute approximate surface area is 124 Å². The van der Waals surface area contributed by atoms with E-state index in [-0.39, 0.29) is 17.9 Å². The largest absolute Gasteiger partial charge is 0.494 e. The fourth-order valence-electron chi connectivity index (χ4n) is 2.65. The second-order valence-corrected chi connectivity index (χ2v) is 5.18. The molecule has 0 spiro atoms. The van der Waals surface area contributed by atoms with Crippen LogP contribution < -0.4 is 15.6 Å². The molecule has 21 heavy (non-hydrogen) atoms. The molecule has 0 radical (unpaired) electrons. The first kappa shape index (κ1) is 14.0. The summed E-state index contributed by atoms with van der Waals surface area (Å²) in [5.41, 5.74) is 8.89. The standard InChI is InChI=1S/C17H19FN2O/c1-2-21-15-9-5-13(6-10-15)17-11-16(19-20-17)12-3-7-14(18)8-4-12/h3-10,16-17,19-20H,2,11H2,1H3. The number of rotatable bonds is 4. The molecule has 2 atom stereocenters. The first-order chi connectivity index (χ1) is 10.3. The van der Waals surface area contributed by atoms with E-state index in [1.54, 1.807) is 0 Å². The molecule has 3 nitrogen and oxygen atoms in total. The van der Waals surface area contributed by atoms with Crippen LogP contribution in [0.25, 0.3) is 0 Å². The van der Waals surface area contributed by atoms with E-state index in [4.69, 9.17) is 4.74 Å². The van der Waals surface area contributed by atoms with Crippen LogP contribution >= 0.6 is 0 Å². The molecule has 1 fully saturated rings. The van der Waals surface area contributed by atoms with Crippen LogP contribution in [-0.4, -0.2) is 6.61 Å². The Bertz CT molecular complexity index is 583. The van der Waals surface area contributed by atoms with Crippen molar-refractivity contribution in [3.8, 4) is 5.75 Å². The average Bonchev–Trinajstić information content (AvgIpc) is 2.99. The van der Waals surface area contributed by atoms with Crippen LogP contribution in [0, 0.1) is 5.82 Å². The third-order valence-electron chi connectivity index (χ3n) is 3.77. The monoisotopic (exact) mass is 286 g/mol. The summed E-state index contributed by atoms with van der Waals surface area (Å²) < 4.78 is 18.4.